The molecule has 4 N–H and O–H groups in total. The van der Waals surface area contributed by atoms with Crippen molar-refractivity contribution in [2.75, 3.05) is 6.61 Å². The fourth-order valence-electron chi connectivity index (χ4n) is 1.07. The SMILES string of the molecule is CC(C)c1noc(C(COC(N)=O)OC(N)=O)n1. The fourth-order valence-corrected chi connectivity index (χ4v) is 1.07. The van der Waals surface area contributed by atoms with Crippen molar-refractivity contribution in [2.45, 2.75) is 25.9 Å². The van der Waals surface area contributed by atoms with E-state index in [4.69, 9.17) is 16.0 Å². The number of rotatable bonds is 5. The van der Waals surface area contributed by atoms with Gasteiger partial charge in [-0.25, -0.2) is 9.59 Å². The smallest absolute Gasteiger partial charge is 0.405 e. The quantitative estimate of drug-likeness (QED) is 0.778. The molecule has 0 aliphatic carbocycles. The summed E-state index contributed by atoms with van der Waals surface area (Å²) >= 11 is 0. The zero-order valence-electron chi connectivity index (χ0n) is 9.95. The number of nitrogens with two attached hydrogens (primary N) is 2. The third-order valence-corrected chi connectivity index (χ3v) is 1.88. The predicted octanol–water partition coefficient (Wildman–Crippen LogP) is 0.425. The van der Waals surface area contributed by atoms with Crippen molar-refractivity contribution >= 4 is 12.2 Å². The Labute approximate surface area is 102 Å². The summed E-state index contributed by atoms with van der Waals surface area (Å²) in [6.45, 7) is 3.37. The van der Waals surface area contributed by atoms with Gasteiger partial charge >= 0.3 is 12.2 Å². The molecule has 2 amide bonds. The zero-order chi connectivity index (χ0) is 13.7. The molecule has 0 saturated heterocycles. The zero-order valence-corrected chi connectivity index (χ0v) is 9.95. The molecular weight excluding hydrogens is 244 g/mol. The Morgan fingerprint density at radius 2 is 2.00 bits per heavy atom. The number of primary amides is 2. The number of aromatic nitrogens is 2. The Bertz CT molecular complexity index is 430. The molecule has 0 fully saturated rings. The molecule has 1 rings (SSSR count). The van der Waals surface area contributed by atoms with Crippen LogP contribution in [-0.4, -0.2) is 28.9 Å². The van der Waals surface area contributed by atoms with Crippen LogP contribution in [0, 0.1) is 0 Å². The highest BCUT2D eigenvalue weighted by molar-refractivity contribution is 5.65. The topological polar surface area (TPSA) is 144 Å². The van der Waals surface area contributed by atoms with E-state index in [1.165, 1.54) is 0 Å². The van der Waals surface area contributed by atoms with Gasteiger partial charge in [-0.05, 0) is 0 Å². The Morgan fingerprint density at radius 3 is 2.44 bits per heavy atom. The summed E-state index contributed by atoms with van der Waals surface area (Å²) in [5.41, 5.74) is 9.68. The lowest BCUT2D eigenvalue weighted by molar-refractivity contribution is 0.0339. The molecule has 0 aliphatic rings. The van der Waals surface area contributed by atoms with Crippen LogP contribution in [0.2, 0.25) is 0 Å². The molecule has 1 atom stereocenters. The van der Waals surface area contributed by atoms with Crippen molar-refractivity contribution in [2.24, 2.45) is 11.5 Å². The van der Waals surface area contributed by atoms with Crippen LogP contribution in [0.25, 0.3) is 0 Å². The number of amides is 2. The van der Waals surface area contributed by atoms with E-state index in [1.807, 2.05) is 13.8 Å². The average molecular weight is 258 g/mol. The molecule has 9 nitrogen and oxygen atoms in total. The van der Waals surface area contributed by atoms with Crippen LogP contribution < -0.4 is 11.5 Å². The monoisotopic (exact) mass is 258 g/mol. The first kappa shape index (κ1) is 13.7. The minimum atomic E-state index is -1.07. The highest BCUT2D eigenvalue weighted by atomic mass is 16.6. The molecule has 0 spiro atoms. The van der Waals surface area contributed by atoms with Gasteiger partial charge in [0.25, 0.3) is 5.89 Å². The summed E-state index contributed by atoms with van der Waals surface area (Å²) in [6.07, 6.45) is -3.15. The number of nitrogens with zero attached hydrogens (tertiary/aromatic N) is 2. The molecule has 0 saturated carbocycles. The van der Waals surface area contributed by atoms with Gasteiger partial charge in [-0.1, -0.05) is 19.0 Å². The fraction of sp³-hybridized carbons (Fsp3) is 0.556. The Kier molecular flexibility index (Phi) is 4.46. The highest BCUT2D eigenvalue weighted by Gasteiger charge is 2.24. The molecule has 0 radical (unpaired) electrons. The average Bonchev–Trinajstić information content (AvgIpc) is 2.72. The summed E-state index contributed by atoms with van der Waals surface area (Å²) < 4.78 is 14.1. The molecule has 0 bridgehead atoms. The summed E-state index contributed by atoms with van der Waals surface area (Å²) in [4.78, 5) is 25.2. The van der Waals surface area contributed by atoms with E-state index in [9.17, 15) is 9.59 Å². The Balaban J connectivity index is 2.79. The third-order valence-electron chi connectivity index (χ3n) is 1.88. The van der Waals surface area contributed by atoms with Crippen LogP contribution in [0.4, 0.5) is 9.59 Å². The first-order valence-electron chi connectivity index (χ1n) is 5.12. The van der Waals surface area contributed by atoms with Crippen molar-refractivity contribution in [1.29, 1.82) is 0 Å². The first-order chi connectivity index (χ1) is 8.40. The van der Waals surface area contributed by atoms with Gasteiger partial charge < -0.3 is 25.5 Å². The van der Waals surface area contributed by atoms with Crippen molar-refractivity contribution < 1.29 is 23.6 Å². The summed E-state index contributed by atoms with van der Waals surface area (Å²) in [7, 11) is 0. The van der Waals surface area contributed by atoms with Crippen LogP contribution in [-0.2, 0) is 9.47 Å². The second kappa shape index (κ2) is 5.84. The predicted molar refractivity (Wildman–Crippen MR) is 57.3 cm³/mol. The highest BCUT2D eigenvalue weighted by Crippen LogP contribution is 2.18. The number of hydrogen-bond donors (Lipinski definition) is 2. The van der Waals surface area contributed by atoms with Crippen molar-refractivity contribution in [3.05, 3.63) is 11.7 Å². The van der Waals surface area contributed by atoms with E-state index >= 15 is 0 Å². The van der Waals surface area contributed by atoms with Crippen molar-refractivity contribution in [1.82, 2.24) is 10.1 Å². The summed E-state index contributed by atoms with van der Waals surface area (Å²) in [5.74, 6) is 0.453. The van der Waals surface area contributed by atoms with Gasteiger partial charge in [0.2, 0.25) is 6.10 Å². The lowest BCUT2D eigenvalue weighted by Gasteiger charge is -2.11. The number of carbonyl (C=O) groups is 2. The molecule has 100 valence electrons. The lowest BCUT2D eigenvalue weighted by atomic mass is 10.2. The van der Waals surface area contributed by atoms with Gasteiger partial charge in [-0.15, -0.1) is 0 Å². The van der Waals surface area contributed by atoms with E-state index in [2.05, 4.69) is 19.6 Å². The number of hydrogen-bond acceptors (Lipinski definition) is 7. The van der Waals surface area contributed by atoms with Gasteiger partial charge in [0.05, 0.1) is 0 Å². The summed E-state index contributed by atoms with van der Waals surface area (Å²) in [6, 6.07) is 0. The number of carbonyl (C=O) groups excluding carboxylic acids is 2. The van der Waals surface area contributed by atoms with Gasteiger partial charge in [0, 0.05) is 5.92 Å². The van der Waals surface area contributed by atoms with Crippen molar-refractivity contribution in [3.8, 4) is 0 Å². The number of ether oxygens (including phenoxy) is 2. The van der Waals surface area contributed by atoms with E-state index in [1.54, 1.807) is 0 Å². The molecule has 0 aliphatic heterocycles. The van der Waals surface area contributed by atoms with Crippen molar-refractivity contribution in [3.63, 3.8) is 0 Å². The normalized spacial score (nSPS) is 12.2. The van der Waals surface area contributed by atoms with Gasteiger partial charge in [-0.3, -0.25) is 0 Å². The molecule has 1 aromatic rings. The minimum absolute atomic E-state index is 0.0150. The van der Waals surface area contributed by atoms with Crippen LogP contribution in [0.15, 0.2) is 4.52 Å². The van der Waals surface area contributed by atoms with Crippen LogP contribution in [0.3, 0.4) is 0 Å². The third kappa shape index (κ3) is 3.92. The van der Waals surface area contributed by atoms with E-state index < -0.39 is 18.3 Å². The standard InChI is InChI=1S/C9H14N4O5/c1-4(2)6-12-7(18-13-6)5(17-9(11)15)3-16-8(10)14/h4-5H,3H2,1-2H3,(H2,10,14)(H2,11,15). The van der Waals surface area contributed by atoms with Crippen LogP contribution >= 0.6 is 0 Å². The minimum Gasteiger partial charge on any atom is -0.445 e. The molecule has 1 aromatic heterocycles. The summed E-state index contributed by atoms with van der Waals surface area (Å²) in [5, 5.41) is 3.68. The molecule has 0 aromatic carbocycles. The maximum absolute atomic E-state index is 10.7. The molecule has 1 heterocycles. The molecule has 9 heteroatoms. The van der Waals surface area contributed by atoms with Gasteiger partial charge in [-0.2, -0.15) is 4.98 Å². The second-order valence-corrected chi connectivity index (χ2v) is 3.70. The Morgan fingerprint density at radius 1 is 1.33 bits per heavy atom. The molecular formula is C9H14N4O5. The maximum Gasteiger partial charge on any atom is 0.405 e. The Hall–Kier alpha value is -2.32. The maximum atomic E-state index is 10.7. The van der Waals surface area contributed by atoms with Gasteiger partial charge in [0.1, 0.15) is 6.61 Å². The van der Waals surface area contributed by atoms with Gasteiger partial charge in [0.15, 0.2) is 5.82 Å². The largest absolute Gasteiger partial charge is 0.445 e. The van der Waals surface area contributed by atoms with E-state index in [0.29, 0.717) is 5.82 Å². The van der Waals surface area contributed by atoms with Crippen LogP contribution in [0.5, 0.6) is 0 Å². The van der Waals surface area contributed by atoms with Crippen LogP contribution in [0.1, 0.15) is 37.6 Å². The second-order valence-electron chi connectivity index (χ2n) is 3.70. The molecule has 18 heavy (non-hydrogen) atoms. The van der Waals surface area contributed by atoms with E-state index in [-0.39, 0.29) is 18.4 Å². The van der Waals surface area contributed by atoms with E-state index in [0.717, 1.165) is 0 Å². The lowest BCUT2D eigenvalue weighted by Crippen LogP contribution is -2.24. The molecule has 1 unspecified atom stereocenters. The first-order valence-corrected chi connectivity index (χ1v) is 5.12.